The van der Waals surface area contributed by atoms with E-state index in [2.05, 4.69) is 35.6 Å². The van der Waals surface area contributed by atoms with Crippen LogP contribution in [0.2, 0.25) is 0 Å². The van der Waals surface area contributed by atoms with E-state index in [0.717, 1.165) is 42.6 Å². The van der Waals surface area contributed by atoms with Gasteiger partial charge in [-0.15, -0.1) is 0 Å². The lowest BCUT2D eigenvalue weighted by Gasteiger charge is -2.34. The molecule has 3 aromatic rings. The summed E-state index contributed by atoms with van der Waals surface area (Å²) >= 11 is 1.52. The summed E-state index contributed by atoms with van der Waals surface area (Å²) < 4.78 is 6.08. The number of carbonyl (C=O) groups excluding carboxylic acids is 1. The Hall–Kier alpha value is -2.38. The Balaban J connectivity index is 1.59. The maximum absolute atomic E-state index is 13.5. The van der Waals surface area contributed by atoms with Gasteiger partial charge in [0, 0.05) is 60.8 Å². The minimum atomic E-state index is -0.0217. The van der Waals surface area contributed by atoms with E-state index >= 15 is 0 Å². The molecule has 1 fully saturated rings. The number of aromatic nitrogens is 2. The summed E-state index contributed by atoms with van der Waals surface area (Å²) in [7, 11) is 0. The lowest BCUT2D eigenvalue weighted by atomic mass is 10.1. The van der Waals surface area contributed by atoms with Crippen LogP contribution in [0.4, 0.5) is 0 Å². The molecule has 0 aliphatic carbocycles. The standard InChI is InChI=1S/C23H28N4O2S/c1-23(2,3)27-13-7-12-26(14-15-27)21(28)20-18(16-30-22-24-10-6-11-25-22)17-8-4-5-9-19(17)29-20/h4-6,8-11H,7,12-16H2,1-3H3. The minimum Gasteiger partial charge on any atom is -0.451 e. The van der Waals surface area contributed by atoms with Crippen molar-refractivity contribution in [1.29, 1.82) is 0 Å². The van der Waals surface area contributed by atoms with Gasteiger partial charge in [0.15, 0.2) is 10.9 Å². The molecular weight excluding hydrogens is 396 g/mol. The van der Waals surface area contributed by atoms with Crippen molar-refractivity contribution in [1.82, 2.24) is 19.8 Å². The smallest absolute Gasteiger partial charge is 0.289 e. The van der Waals surface area contributed by atoms with E-state index in [-0.39, 0.29) is 11.4 Å². The molecular formula is C23H28N4O2S. The van der Waals surface area contributed by atoms with Crippen molar-refractivity contribution in [2.45, 2.75) is 43.6 Å². The fourth-order valence-electron chi connectivity index (χ4n) is 3.85. The van der Waals surface area contributed by atoms with E-state index in [4.69, 9.17) is 4.42 Å². The zero-order valence-electron chi connectivity index (χ0n) is 17.8. The molecule has 3 heterocycles. The van der Waals surface area contributed by atoms with Crippen LogP contribution < -0.4 is 0 Å². The maximum Gasteiger partial charge on any atom is 0.289 e. The van der Waals surface area contributed by atoms with Crippen LogP contribution in [0.1, 0.15) is 43.3 Å². The number of carbonyl (C=O) groups is 1. The van der Waals surface area contributed by atoms with Crippen LogP contribution in [0, 0.1) is 0 Å². The van der Waals surface area contributed by atoms with Gasteiger partial charge in [-0.1, -0.05) is 30.0 Å². The topological polar surface area (TPSA) is 62.5 Å². The molecule has 0 saturated carbocycles. The van der Waals surface area contributed by atoms with Gasteiger partial charge in [-0.05, 0) is 39.3 Å². The molecule has 0 atom stereocenters. The van der Waals surface area contributed by atoms with Gasteiger partial charge in [0.2, 0.25) is 0 Å². The molecule has 0 unspecified atom stereocenters. The molecule has 1 aliphatic heterocycles. The molecule has 7 heteroatoms. The Bertz CT molecular complexity index is 1010. The van der Waals surface area contributed by atoms with Crippen molar-refractivity contribution in [2.75, 3.05) is 26.2 Å². The van der Waals surface area contributed by atoms with Crippen LogP contribution in [-0.4, -0.2) is 57.4 Å². The predicted molar refractivity (Wildman–Crippen MR) is 120 cm³/mol. The van der Waals surface area contributed by atoms with Crippen LogP contribution in [0.5, 0.6) is 0 Å². The number of fused-ring (bicyclic) bond motifs is 1. The SMILES string of the molecule is CC(C)(C)N1CCCN(C(=O)c2oc3ccccc3c2CSc2ncccn2)CC1. The van der Waals surface area contributed by atoms with Crippen LogP contribution in [0.15, 0.2) is 52.3 Å². The summed E-state index contributed by atoms with van der Waals surface area (Å²) in [4.78, 5) is 26.4. The van der Waals surface area contributed by atoms with Crippen LogP contribution in [0.25, 0.3) is 11.0 Å². The highest BCUT2D eigenvalue weighted by Gasteiger charge is 2.29. The van der Waals surface area contributed by atoms with E-state index < -0.39 is 0 Å². The summed E-state index contributed by atoms with van der Waals surface area (Å²) in [5.41, 5.74) is 1.78. The number of amides is 1. The number of hydrogen-bond acceptors (Lipinski definition) is 6. The molecule has 0 spiro atoms. The van der Waals surface area contributed by atoms with E-state index in [1.165, 1.54) is 11.8 Å². The van der Waals surface area contributed by atoms with Gasteiger partial charge in [-0.25, -0.2) is 9.97 Å². The second-order valence-electron chi connectivity index (χ2n) is 8.53. The zero-order valence-corrected chi connectivity index (χ0v) is 18.6. The number of thioether (sulfide) groups is 1. The molecule has 2 aromatic heterocycles. The molecule has 1 aromatic carbocycles. The second-order valence-corrected chi connectivity index (χ2v) is 9.47. The third kappa shape index (κ3) is 4.52. The van der Waals surface area contributed by atoms with Gasteiger partial charge in [-0.2, -0.15) is 0 Å². The maximum atomic E-state index is 13.5. The van der Waals surface area contributed by atoms with Crippen molar-refractivity contribution in [3.63, 3.8) is 0 Å². The molecule has 158 valence electrons. The van der Waals surface area contributed by atoms with Crippen LogP contribution in [-0.2, 0) is 5.75 Å². The van der Waals surface area contributed by atoms with Crippen molar-refractivity contribution in [3.8, 4) is 0 Å². The van der Waals surface area contributed by atoms with Crippen molar-refractivity contribution >= 4 is 28.6 Å². The first-order chi connectivity index (χ1) is 14.4. The summed E-state index contributed by atoms with van der Waals surface area (Å²) in [6.07, 6.45) is 4.42. The monoisotopic (exact) mass is 424 g/mol. The Morgan fingerprint density at radius 1 is 1.07 bits per heavy atom. The molecule has 30 heavy (non-hydrogen) atoms. The Kier molecular flexibility index (Phi) is 6.11. The van der Waals surface area contributed by atoms with Crippen LogP contribution in [0.3, 0.4) is 0 Å². The van der Waals surface area contributed by atoms with E-state index in [0.29, 0.717) is 23.2 Å². The number of rotatable bonds is 4. The van der Waals surface area contributed by atoms with Gasteiger partial charge < -0.3 is 9.32 Å². The normalized spacial score (nSPS) is 16.0. The van der Waals surface area contributed by atoms with Gasteiger partial charge in [-0.3, -0.25) is 9.69 Å². The molecule has 0 radical (unpaired) electrons. The van der Waals surface area contributed by atoms with Gasteiger partial charge in [0.05, 0.1) is 0 Å². The molecule has 4 rings (SSSR count). The summed E-state index contributed by atoms with van der Waals surface area (Å²) in [6, 6.07) is 9.65. The number of hydrogen-bond donors (Lipinski definition) is 0. The fraction of sp³-hybridized carbons (Fsp3) is 0.435. The third-order valence-corrected chi connectivity index (χ3v) is 6.41. The van der Waals surface area contributed by atoms with Gasteiger partial charge >= 0.3 is 0 Å². The first-order valence-electron chi connectivity index (χ1n) is 10.4. The van der Waals surface area contributed by atoms with Crippen molar-refractivity contribution in [2.24, 2.45) is 0 Å². The minimum absolute atomic E-state index is 0.0217. The molecule has 1 aliphatic rings. The van der Waals surface area contributed by atoms with Gasteiger partial charge in [0.1, 0.15) is 5.58 Å². The zero-order chi connectivity index (χ0) is 21.1. The second kappa shape index (κ2) is 8.78. The molecule has 1 amide bonds. The van der Waals surface area contributed by atoms with E-state index in [1.807, 2.05) is 29.2 Å². The Morgan fingerprint density at radius 2 is 1.83 bits per heavy atom. The average molecular weight is 425 g/mol. The number of nitrogens with zero attached hydrogens (tertiary/aromatic N) is 4. The average Bonchev–Trinajstić information content (AvgIpc) is 2.91. The number of furan rings is 1. The van der Waals surface area contributed by atoms with Crippen molar-refractivity contribution < 1.29 is 9.21 Å². The van der Waals surface area contributed by atoms with Crippen LogP contribution >= 0.6 is 11.8 Å². The third-order valence-electron chi connectivity index (χ3n) is 5.51. The Morgan fingerprint density at radius 3 is 2.60 bits per heavy atom. The number of benzene rings is 1. The van der Waals surface area contributed by atoms with E-state index in [1.54, 1.807) is 18.5 Å². The molecule has 6 nitrogen and oxygen atoms in total. The van der Waals surface area contributed by atoms with E-state index in [9.17, 15) is 4.79 Å². The predicted octanol–water partition coefficient (Wildman–Crippen LogP) is 4.46. The highest BCUT2D eigenvalue weighted by molar-refractivity contribution is 7.98. The fourth-order valence-corrected chi connectivity index (χ4v) is 4.68. The number of para-hydroxylation sites is 1. The summed E-state index contributed by atoms with van der Waals surface area (Å²) in [5.74, 6) is 1.01. The molecule has 0 bridgehead atoms. The Labute approximate surface area is 181 Å². The highest BCUT2D eigenvalue weighted by Crippen LogP contribution is 2.32. The van der Waals surface area contributed by atoms with Gasteiger partial charge in [0.25, 0.3) is 5.91 Å². The lowest BCUT2D eigenvalue weighted by molar-refractivity contribution is 0.0719. The first kappa shape index (κ1) is 20.9. The first-order valence-corrected chi connectivity index (χ1v) is 11.4. The lowest BCUT2D eigenvalue weighted by Crippen LogP contribution is -2.44. The van der Waals surface area contributed by atoms with Crippen molar-refractivity contribution in [3.05, 3.63) is 54.0 Å². The summed E-state index contributed by atoms with van der Waals surface area (Å²) in [6.45, 7) is 10.0. The summed E-state index contributed by atoms with van der Waals surface area (Å²) in [5, 5.41) is 1.67. The largest absolute Gasteiger partial charge is 0.451 e. The highest BCUT2D eigenvalue weighted by atomic mass is 32.2. The molecule has 0 N–H and O–H groups in total. The quantitative estimate of drug-likeness (QED) is 0.455. The molecule has 1 saturated heterocycles.